The van der Waals surface area contributed by atoms with Gasteiger partial charge in [0.25, 0.3) is 0 Å². The maximum Gasteiger partial charge on any atom is 0.433 e. The Morgan fingerprint density at radius 1 is 1.46 bits per heavy atom. The van der Waals surface area contributed by atoms with E-state index in [1.165, 1.54) is 6.92 Å². The van der Waals surface area contributed by atoms with Crippen LogP contribution < -0.4 is 11.1 Å². The van der Waals surface area contributed by atoms with Crippen LogP contribution in [0, 0.1) is 6.92 Å². The van der Waals surface area contributed by atoms with Gasteiger partial charge in [0, 0.05) is 6.42 Å². The molecule has 1 amide bonds. The van der Waals surface area contributed by atoms with Gasteiger partial charge in [0.05, 0.1) is 13.2 Å². The first-order chi connectivity index (χ1) is 11.1. The summed E-state index contributed by atoms with van der Waals surface area (Å²) in [5, 5.41) is 1.96. The predicted octanol–water partition coefficient (Wildman–Crippen LogP) is 1.61. The normalized spacial score (nSPS) is 12.6. The first-order valence-corrected chi connectivity index (χ1v) is 7.37. The van der Waals surface area contributed by atoms with E-state index in [0.717, 1.165) is 6.07 Å². The standard InChI is InChI=1S/C14H17ClF3N3O3/c1-3-24-13(23)9(20-11(22)6-19)5-8-7(2)4-10(14(16,17)18)21-12(8)15/h4,9H,3,5-6,19H2,1-2H3,(H,20,22). The van der Waals surface area contributed by atoms with Crippen LogP contribution in [-0.2, 0) is 26.9 Å². The Morgan fingerprint density at radius 3 is 2.54 bits per heavy atom. The smallest absolute Gasteiger partial charge is 0.433 e. The number of aryl methyl sites for hydroxylation is 1. The Labute approximate surface area is 141 Å². The van der Waals surface area contributed by atoms with E-state index in [4.69, 9.17) is 22.1 Å². The minimum Gasteiger partial charge on any atom is -0.464 e. The van der Waals surface area contributed by atoms with Crippen LogP contribution >= 0.6 is 11.6 Å². The fourth-order valence-corrected chi connectivity index (χ4v) is 2.26. The molecule has 3 N–H and O–H groups in total. The maximum absolute atomic E-state index is 12.7. The van der Waals surface area contributed by atoms with Crippen molar-refractivity contribution in [1.29, 1.82) is 0 Å². The number of amides is 1. The highest BCUT2D eigenvalue weighted by Crippen LogP contribution is 2.31. The summed E-state index contributed by atoms with van der Waals surface area (Å²) in [6, 6.07) is -0.301. The Bertz CT molecular complexity index is 600. The van der Waals surface area contributed by atoms with Crippen LogP contribution in [0.15, 0.2) is 6.07 Å². The third-order valence-electron chi connectivity index (χ3n) is 3.09. The first kappa shape index (κ1) is 20.2. The van der Waals surface area contributed by atoms with Gasteiger partial charge in [0.15, 0.2) is 0 Å². The largest absolute Gasteiger partial charge is 0.464 e. The molecule has 0 saturated carbocycles. The van der Waals surface area contributed by atoms with E-state index < -0.39 is 34.9 Å². The van der Waals surface area contributed by atoms with Crippen LogP contribution in [-0.4, -0.2) is 36.1 Å². The third kappa shape index (κ3) is 5.34. The molecule has 10 heteroatoms. The minimum absolute atomic E-state index is 0.0752. The summed E-state index contributed by atoms with van der Waals surface area (Å²) in [6.45, 7) is 2.71. The molecule has 0 radical (unpaired) electrons. The molecule has 1 heterocycles. The van der Waals surface area contributed by atoms with Crippen molar-refractivity contribution in [1.82, 2.24) is 10.3 Å². The molecule has 0 bridgehead atoms. The molecule has 1 aromatic rings. The van der Waals surface area contributed by atoms with Crippen molar-refractivity contribution in [2.45, 2.75) is 32.5 Å². The predicted molar refractivity (Wildman–Crippen MR) is 80.3 cm³/mol. The molecule has 0 aromatic carbocycles. The van der Waals surface area contributed by atoms with Crippen LogP contribution in [0.2, 0.25) is 5.15 Å². The second-order valence-electron chi connectivity index (χ2n) is 4.87. The number of carbonyl (C=O) groups excluding carboxylic acids is 2. The summed E-state index contributed by atoms with van der Waals surface area (Å²) in [7, 11) is 0. The van der Waals surface area contributed by atoms with Gasteiger partial charge in [0.2, 0.25) is 5.91 Å². The van der Waals surface area contributed by atoms with E-state index in [9.17, 15) is 22.8 Å². The van der Waals surface area contributed by atoms with Crippen LogP contribution in [0.3, 0.4) is 0 Å². The zero-order chi connectivity index (χ0) is 18.5. The molecular formula is C14H17ClF3N3O3. The summed E-state index contributed by atoms with van der Waals surface area (Å²) in [5.41, 5.74) is 4.46. The lowest BCUT2D eigenvalue weighted by molar-refractivity contribution is -0.147. The SMILES string of the molecule is CCOC(=O)C(Cc1c(C)cc(C(F)(F)F)nc1Cl)NC(=O)CN. The van der Waals surface area contributed by atoms with Gasteiger partial charge in [-0.2, -0.15) is 13.2 Å². The highest BCUT2D eigenvalue weighted by Gasteiger charge is 2.34. The lowest BCUT2D eigenvalue weighted by Gasteiger charge is -2.19. The zero-order valence-corrected chi connectivity index (χ0v) is 13.8. The molecule has 1 rings (SSSR count). The number of hydrogen-bond acceptors (Lipinski definition) is 5. The molecule has 0 fully saturated rings. The van der Waals surface area contributed by atoms with Crippen molar-refractivity contribution in [3.63, 3.8) is 0 Å². The molecule has 0 aliphatic heterocycles. The molecule has 0 aliphatic rings. The number of nitrogens with one attached hydrogen (secondary N) is 1. The summed E-state index contributed by atoms with van der Waals surface area (Å²) < 4.78 is 43.0. The Morgan fingerprint density at radius 2 is 2.08 bits per heavy atom. The maximum atomic E-state index is 12.7. The van der Waals surface area contributed by atoms with Gasteiger partial charge in [-0.1, -0.05) is 11.6 Å². The van der Waals surface area contributed by atoms with Gasteiger partial charge < -0.3 is 15.8 Å². The Hall–Kier alpha value is -1.87. The quantitative estimate of drug-likeness (QED) is 0.588. The zero-order valence-electron chi connectivity index (χ0n) is 13.0. The fourth-order valence-electron chi connectivity index (χ4n) is 1.94. The molecule has 1 aromatic heterocycles. The van der Waals surface area contributed by atoms with E-state index in [0.29, 0.717) is 0 Å². The van der Waals surface area contributed by atoms with Crippen molar-refractivity contribution < 1.29 is 27.5 Å². The second kappa shape index (κ2) is 8.29. The number of hydrogen-bond donors (Lipinski definition) is 2. The average Bonchev–Trinajstić information content (AvgIpc) is 2.48. The van der Waals surface area contributed by atoms with Crippen molar-refractivity contribution in [3.05, 3.63) is 28.0 Å². The van der Waals surface area contributed by atoms with Gasteiger partial charge >= 0.3 is 12.1 Å². The average molecular weight is 368 g/mol. The van der Waals surface area contributed by atoms with E-state index in [1.54, 1.807) is 6.92 Å². The molecule has 6 nitrogen and oxygen atoms in total. The lowest BCUT2D eigenvalue weighted by atomic mass is 10.0. The molecular weight excluding hydrogens is 351 g/mol. The number of alkyl halides is 3. The number of pyridine rings is 1. The highest BCUT2D eigenvalue weighted by atomic mass is 35.5. The molecule has 24 heavy (non-hydrogen) atoms. The monoisotopic (exact) mass is 367 g/mol. The van der Waals surface area contributed by atoms with Crippen LogP contribution in [0.25, 0.3) is 0 Å². The molecule has 1 atom stereocenters. The van der Waals surface area contributed by atoms with Crippen molar-refractivity contribution in [2.75, 3.05) is 13.2 Å². The van der Waals surface area contributed by atoms with Gasteiger partial charge in [-0.3, -0.25) is 4.79 Å². The number of rotatable bonds is 6. The van der Waals surface area contributed by atoms with Crippen molar-refractivity contribution in [2.24, 2.45) is 5.73 Å². The highest BCUT2D eigenvalue weighted by molar-refractivity contribution is 6.30. The van der Waals surface area contributed by atoms with Crippen LogP contribution in [0.4, 0.5) is 13.2 Å². The number of halogens is 4. The van der Waals surface area contributed by atoms with E-state index in [1.807, 2.05) is 0 Å². The molecule has 134 valence electrons. The second-order valence-corrected chi connectivity index (χ2v) is 5.23. The summed E-state index contributed by atoms with van der Waals surface area (Å²) >= 11 is 5.84. The molecule has 1 unspecified atom stereocenters. The molecule has 0 aliphatic carbocycles. The van der Waals surface area contributed by atoms with Gasteiger partial charge in [-0.25, -0.2) is 9.78 Å². The first-order valence-electron chi connectivity index (χ1n) is 6.99. The van der Waals surface area contributed by atoms with Crippen molar-refractivity contribution in [3.8, 4) is 0 Å². The Balaban J connectivity index is 3.13. The molecule has 0 spiro atoms. The Kier molecular flexibility index (Phi) is 6.97. The van der Waals surface area contributed by atoms with Gasteiger partial charge in [0.1, 0.15) is 16.9 Å². The lowest BCUT2D eigenvalue weighted by Crippen LogP contribution is -2.45. The summed E-state index contributed by atoms with van der Waals surface area (Å²) in [4.78, 5) is 26.7. The number of nitrogens with zero attached hydrogens (tertiary/aromatic N) is 1. The topological polar surface area (TPSA) is 94.3 Å². The van der Waals surface area contributed by atoms with Crippen molar-refractivity contribution >= 4 is 23.5 Å². The summed E-state index contributed by atoms with van der Waals surface area (Å²) in [5.74, 6) is -1.35. The number of carbonyl (C=O) groups is 2. The van der Waals surface area contributed by atoms with E-state index in [2.05, 4.69) is 10.3 Å². The van der Waals surface area contributed by atoms with E-state index in [-0.39, 0.29) is 30.7 Å². The third-order valence-corrected chi connectivity index (χ3v) is 3.40. The number of nitrogens with two attached hydrogens (primary N) is 1. The minimum atomic E-state index is -4.64. The van der Waals surface area contributed by atoms with E-state index >= 15 is 0 Å². The summed E-state index contributed by atoms with van der Waals surface area (Å²) in [6.07, 6.45) is -4.80. The van der Waals surface area contributed by atoms with Crippen LogP contribution in [0.5, 0.6) is 0 Å². The number of aromatic nitrogens is 1. The van der Waals surface area contributed by atoms with Crippen LogP contribution in [0.1, 0.15) is 23.7 Å². The fraction of sp³-hybridized carbons (Fsp3) is 0.500. The number of esters is 1. The molecule has 0 saturated heterocycles. The number of ether oxygens (including phenoxy) is 1. The van der Waals surface area contributed by atoms with Gasteiger partial charge in [-0.05, 0) is 31.0 Å². The van der Waals surface area contributed by atoms with Gasteiger partial charge in [-0.15, -0.1) is 0 Å².